The van der Waals surface area contributed by atoms with Crippen molar-refractivity contribution in [2.24, 2.45) is 0 Å². The van der Waals surface area contributed by atoms with E-state index in [-0.39, 0.29) is 33.2 Å². The normalized spacial score (nSPS) is 13.4. The highest BCUT2D eigenvalue weighted by Gasteiger charge is 2.22. The van der Waals surface area contributed by atoms with E-state index in [1.807, 2.05) is 13.8 Å². The van der Waals surface area contributed by atoms with E-state index in [1.54, 1.807) is 0 Å². The highest BCUT2D eigenvalue weighted by Crippen LogP contribution is 2.29. The number of hydrogen-bond donors (Lipinski definition) is 2. The summed E-state index contributed by atoms with van der Waals surface area (Å²) in [5.41, 5.74) is 5.93. The lowest BCUT2D eigenvalue weighted by Crippen LogP contribution is -2.40. The third kappa shape index (κ3) is 4.79. The van der Waals surface area contributed by atoms with Crippen molar-refractivity contribution in [3.8, 4) is 0 Å². The van der Waals surface area contributed by atoms with Crippen LogP contribution in [0.15, 0.2) is 12.1 Å². The number of benzene rings is 1. The van der Waals surface area contributed by atoms with Gasteiger partial charge < -0.3 is 15.8 Å². The minimum absolute atomic E-state index is 0.00375. The lowest BCUT2D eigenvalue weighted by Gasteiger charge is -2.17. The van der Waals surface area contributed by atoms with Gasteiger partial charge in [0.25, 0.3) is 5.91 Å². The highest BCUT2D eigenvalue weighted by atomic mass is 35.5. The molecule has 116 valence electrons. The number of carbonyl (C=O) groups is 2. The van der Waals surface area contributed by atoms with Gasteiger partial charge in [-0.3, -0.25) is 4.79 Å². The van der Waals surface area contributed by atoms with Crippen molar-refractivity contribution in [2.75, 3.05) is 5.73 Å². The molecule has 0 radical (unpaired) electrons. The Balaban J connectivity index is 2.80. The molecule has 0 spiro atoms. The highest BCUT2D eigenvalue weighted by molar-refractivity contribution is 6.44. The predicted molar refractivity (Wildman–Crippen MR) is 83.6 cm³/mol. The van der Waals surface area contributed by atoms with Crippen LogP contribution in [0.3, 0.4) is 0 Å². The van der Waals surface area contributed by atoms with E-state index >= 15 is 0 Å². The van der Waals surface area contributed by atoms with E-state index in [2.05, 4.69) is 5.32 Å². The quantitative estimate of drug-likeness (QED) is 0.641. The Bertz CT molecular complexity index is 549. The van der Waals surface area contributed by atoms with Gasteiger partial charge >= 0.3 is 5.97 Å². The molecule has 0 saturated carbocycles. The van der Waals surface area contributed by atoms with Crippen LogP contribution in [-0.4, -0.2) is 24.0 Å². The predicted octanol–water partition coefficient (Wildman–Crippen LogP) is 3.04. The lowest BCUT2D eigenvalue weighted by atomic mass is 10.2. The second kappa shape index (κ2) is 7.52. The Hall–Kier alpha value is -1.46. The van der Waals surface area contributed by atoms with Crippen LogP contribution in [0.4, 0.5) is 5.69 Å². The number of anilines is 1. The fourth-order valence-corrected chi connectivity index (χ4v) is 1.91. The number of esters is 1. The van der Waals surface area contributed by atoms with Crippen molar-refractivity contribution in [1.29, 1.82) is 0 Å². The SMILES string of the molecule is CCC(C)NC(=O)C(C)OC(=O)c1cc(N)cc(Cl)c1Cl. The Morgan fingerprint density at radius 1 is 1.33 bits per heavy atom. The Labute approximate surface area is 133 Å². The smallest absolute Gasteiger partial charge is 0.340 e. The van der Waals surface area contributed by atoms with Gasteiger partial charge in [-0.1, -0.05) is 30.1 Å². The summed E-state index contributed by atoms with van der Waals surface area (Å²) in [5, 5.41) is 2.92. The maximum absolute atomic E-state index is 12.0. The number of hydrogen-bond acceptors (Lipinski definition) is 4. The van der Waals surface area contributed by atoms with Crippen molar-refractivity contribution in [2.45, 2.75) is 39.3 Å². The summed E-state index contributed by atoms with van der Waals surface area (Å²) in [5.74, 6) is -1.12. The molecule has 0 aliphatic carbocycles. The van der Waals surface area contributed by atoms with E-state index in [0.717, 1.165) is 6.42 Å². The molecule has 3 N–H and O–H groups in total. The molecule has 0 aromatic heterocycles. The van der Waals surface area contributed by atoms with Gasteiger partial charge in [-0.05, 0) is 32.4 Å². The molecule has 2 unspecified atom stereocenters. The summed E-state index contributed by atoms with van der Waals surface area (Å²) in [6, 6.07) is 2.79. The van der Waals surface area contributed by atoms with Crippen molar-refractivity contribution in [1.82, 2.24) is 5.32 Å². The maximum atomic E-state index is 12.0. The van der Waals surface area contributed by atoms with Gasteiger partial charge in [0.2, 0.25) is 0 Å². The molecule has 0 fully saturated rings. The number of halogens is 2. The van der Waals surface area contributed by atoms with Gasteiger partial charge in [-0.15, -0.1) is 0 Å². The van der Waals surface area contributed by atoms with Crippen molar-refractivity contribution < 1.29 is 14.3 Å². The van der Waals surface area contributed by atoms with E-state index in [9.17, 15) is 9.59 Å². The topological polar surface area (TPSA) is 81.4 Å². The standard InChI is InChI=1S/C14H18Cl2N2O3/c1-4-7(2)18-13(19)8(3)21-14(20)10-5-9(17)6-11(15)12(10)16/h5-8H,4,17H2,1-3H3,(H,18,19). The van der Waals surface area contributed by atoms with Crippen LogP contribution in [0, 0.1) is 0 Å². The van der Waals surface area contributed by atoms with Crippen molar-refractivity contribution in [3.63, 3.8) is 0 Å². The summed E-state index contributed by atoms with van der Waals surface area (Å²) < 4.78 is 5.08. The molecule has 0 aliphatic rings. The maximum Gasteiger partial charge on any atom is 0.340 e. The summed E-state index contributed by atoms with van der Waals surface area (Å²) in [4.78, 5) is 23.9. The molecule has 5 nitrogen and oxygen atoms in total. The van der Waals surface area contributed by atoms with Crippen LogP contribution in [0.1, 0.15) is 37.6 Å². The van der Waals surface area contributed by atoms with E-state index in [1.165, 1.54) is 19.1 Å². The van der Waals surface area contributed by atoms with Crippen LogP contribution in [0.25, 0.3) is 0 Å². The van der Waals surface area contributed by atoms with Crippen molar-refractivity contribution in [3.05, 3.63) is 27.7 Å². The van der Waals surface area contributed by atoms with Gasteiger partial charge in [-0.2, -0.15) is 0 Å². The minimum atomic E-state index is -0.942. The minimum Gasteiger partial charge on any atom is -0.449 e. The first-order valence-corrected chi connectivity index (χ1v) is 7.27. The van der Waals surface area contributed by atoms with Crippen LogP contribution in [0.5, 0.6) is 0 Å². The van der Waals surface area contributed by atoms with Gasteiger partial charge in [0.05, 0.1) is 15.6 Å². The number of rotatable bonds is 5. The molecule has 2 atom stereocenters. The number of nitrogen functional groups attached to an aromatic ring is 1. The molecule has 0 saturated heterocycles. The molecular weight excluding hydrogens is 315 g/mol. The second-order valence-electron chi connectivity index (χ2n) is 4.73. The second-order valence-corrected chi connectivity index (χ2v) is 5.51. The molecule has 1 amide bonds. The molecule has 21 heavy (non-hydrogen) atoms. The van der Waals surface area contributed by atoms with Gasteiger partial charge in [-0.25, -0.2) is 4.79 Å². The molecular formula is C14H18Cl2N2O3. The van der Waals surface area contributed by atoms with Gasteiger partial charge in [0, 0.05) is 11.7 Å². The zero-order chi connectivity index (χ0) is 16.2. The van der Waals surface area contributed by atoms with Gasteiger partial charge in [0.1, 0.15) is 0 Å². The van der Waals surface area contributed by atoms with E-state index in [0.29, 0.717) is 0 Å². The number of carbonyl (C=O) groups excluding carboxylic acids is 2. The summed E-state index contributed by atoms with van der Waals surface area (Å²) >= 11 is 11.8. The molecule has 1 aromatic rings. The fraction of sp³-hybridized carbons (Fsp3) is 0.429. The molecule has 0 bridgehead atoms. The molecule has 7 heteroatoms. The van der Waals surface area contributed by atoms with Crippen LogP contribution >= 0.6 is 23.2 Å². The summed E-state index contributed by atoms with van der Waals surface area (Å²) in [6.45, 7) is 5.29. The van der Waals surface area contributed by atoms with Crippen LogP contribution in [0.2, 0.25) is 10.0 Å². The number of nitrogens with two attached hydrogens (primary N) is 1. The molecule has 1 aromatic carbocycles. The molecule has 0 aliphatic heterocycles. The van der Waals surface area contributed by atoms with Crippen molar-refractivity contribution >= 4 is 40.8 Å². The molecule has 0 heterocycles. The largest absolute Gasteiger partial charge is 0.449 e. The van der Waals surface area contributed by atoms with Crippen LogP contribution < -0.4 is 11.1 Å². The third-order valence-corrected chi connectivity index (χ3v) is 3.73. The first kappa shape index (κ1) is 17.6. The lowest BCUT2D eigenvalue weighted by molar-refractivity contribution is -0.129. The average Bonchev–Trinajstić information content (AvgIpc) is 2.42. The average molecular weight is 333 g/mol. The van der Waals surface area contributed by atoms with E-state index < -0.39 is 12.1 Å². The number of nitrogens with one attached hydrogen (secondary N) is 1. The first-order valence-electron chi connectivity index (χ1n) is 6.52. The van der Waals surface area contributed by atoms with E-state index in [4.69, 9.17) is 33.7 Å². The Kier molecular flexibility index (Phi) is 6.30. The van der Waals surface area contributed by atoms with Crippen LogP contribution in [-0.2, 0) is 9.53 Å². The number of amides is 1. The third-order valence-electron chi connectivity index (χ3n) is 2.92. The summed E-state index contributed by atoms with van der Waals surface area (Å²) in [7, 11) is 0. The zero-order valence-corrected chi connectivity index (χ0v) is 13.6. The Morgan fingerprint density at radius 3 is 2.52 bits per heavy atom. The first-order chi connectivity index (χ1) is 9.76. The summed E-state index contributed by atoms with van der Waals surface area (Å²) in [6.07, 6.45) is -0.161. The monoisotopic (exact) mass is 332 g/mol. The fourth-order valence-electron chi connectivity index (χ4n) is 1.50. The molecule has 1 rings (SSSR count). The number of ether oxygens (including phenoxy) is 1. The Morgan fingerprint density at radius 2 is 1.95 bits per heavy atom. The van der Waals surface area contributed by atoms with Gasteiger partial charge in [0.15, 0.2) is 6.10 Å². The zero-order valence-electron chi connectivity index (χ0n) is 12.1.